The van der Waals surface area contributed by atoms with E-state index in [4.69, 9.17) is 4.74 Å². The van der Waals surface area contributed by atoms with Crippen molar-refractivity contribution in [2.75, 3.05) is 7.11 Å². The maximum Gasteiger partial charge on any atom is 0.167 e. The Morgan fingerprint density at radius 2 is 2.15 bits per heavy atom. The van der Waals surface area contributed by atoms with Gasteiger partial charge in [0.15, 0.2) is 11.6 Å². The van der Waals surface area contributed by atoms with Gasteiger partial charge < -0.3 is 4.74 Å². The first-order valence-electron chi connectivity index (χ1n) is 3.50. The highest BCUT2D eigenvalue weighted by Gasteiger charge is 2.13. The molecule has 0 unspecified atom stereocenters. The summed E-state index contributed by atoms with van der Waals surface area (Å²) in [7, 11) is 1.31. The number of benzene rings is 1. The fourth-order valence-corrected chi connectivity index (χ4v) is 0.978. The van der Waals surface area contributed by atoms with Gasteiger partial charge in [0.25, 0.3) is 0 Å². The molecule has 0 N–H and O–H groups in total. The van der Waals surface area contributed by atoms with Crippen molar-refractivity contribution in [3.63, 3.8) is 0 Å². The van der Waals surface area contributed by atoms with Crippen LogP contribution in [0.15, 0.2) is 17.3 Å². The predicted octanol–water partition coefficient (Wildman–Crippen LogP) is 2.24. The third kappa shape index (κ3) is 1.80. The summed E-state index contributed by atoms with van der Waals surface area (Å²) < 4.78 is 30.4. The number of halogens is 2. The van der Waals surface area contributed by atoms with Crippen LogP contribution >= 0.6 is 0 Å². The summed E-state index contributed by atoms with van der Waals surface area (Å²) in [5.41, 5.74) is -0.155. The van der Waals surface area contributed by atoms with E-state index in [1.165, 1.54) is 13.2 Å². The molecule has 1 aromatic carbocycles. The van der Waals surface area contributed by atoms with Gasteiger partial charge in [-0.3, -0.25) is 0 Å². The van der Waals surface area contributed by atoms with Gasteiger partial charge in [0.1, 0.15) is 12.3 Å². The number of nitrogens with zero attached hydrogens (tertiary/aromatic N) is 1. The topological polar surface area (TPSA) is 38.7 Å². The Balaban J connectivity index is 3.23. The highest BCUT2D eigenvalue weighted by Crippen LogP contribution is 2.24. The zero-order valence-electron chi connectivity index (χ0n) is 6.88. The zero-order chi connectivity index (χ0) is 9.84. The number of hydrogen-bond donors (Lipinski definition) is 0. The van der Waals surface area contributed by atoms with Gasteiger partial charge in [0, 0.05) is 0 Å². The molecule has 0 bridgehead atoms. The van der Waals surface area contributed by atoms with E-state index in [1.807, 2.05) is 0 Å². The van der Waals surface area contributed by atoms with Crippen molar-refractivity contribution in [1.29, 1.82) is 0 Å². The summed E-state index contributed by atoms with van der Waals surface area (Å²) >= 11 is 0. The molecular formula is C8H7F2NO2. The Morgan fingerprint density at radius 1 is 1.46 bits per heavy atom. The summed E-state index contributed by atoms with van der Waals surface area (Å²) in [6.07, 6.45) is 0. The molecule has 0 aliphatic rings. The lowest BCUT2D eigenvalue weighted by atomic mass is 10.2. The minimum absolute atomic E-state index is 0.124. The smallest absolute Gasteiger partial charge is 0.167 e. The van der Waals surface area contributed by atoms with Gasteiger partial charge in [-0.25, -0.2) is 8.78 Å². The predicted molar refractivity (Wildman–Crippen MR) is 42.4 cm³/mol. The molecule has 3 nitrogen and oxygen atoms in total. The number of ether oxygens (including phenoxy) is 1. The van der Waals surface area contributed by atoms with Crippen LogP contribution in [-0.4, -0.2) is 7.11 Å². The molecular weight excluding hydrogens is 180 g/mol. The quantitative estimate of drug-likeness (QED) is 0.680. The maximum atomic E-state index is 13.0. The van der Waals surface area contributed by atoms with E-state index < -0.39 is 18.2 Å². The normalized spacial score (nSPS) is 9.77. The number of nitroso groups, excluding NO2 is 1. The molecule has 0 fully saturated rings. The molecule has 0 saturated heterocycles. The summed E-state index contributed by atoms with van der Waals surface area (Å²) in [4.78, 5) is 9.91. The first-order chi connectivity index (χ1) is 6.20. The molecule has 70 valence electrons. The van der Waals surface area contributed by atoms with Crippen LogP contribution in [0, 0.1) is 16.5 Å². The van der Waals surface area contributed by atoms with Crippen molar-refractivity contribution in [2.45, 2.75) is 6.54 Å². The van der Waals surface area contributed by atoms with Gasteiger partial charge in [-0.05, 0) is 12.1 Å². The first-order valence-corrected chi connectivity index (χ1v) is 3.50. The van der Waals surface area contributed by atoms with Crippen molar-refractivity contribution >= 4 is 0 Å². The van der Waals surface area contributed by atoms with Crippen LogP contribution in [0.2, 0.25) is 0 Å². The molecule has 0 saturated carbocycles. The molecule has 0 atom stereocenters. The van der Waals surface area contributed by atoms with E-state index >= 15 is 0 Å². The summed E-state index contributed by atoms with van der Waals surface area (Å²) in [6, 6.07) is 2.18. The van der Waals surface area contributed by atoms with E-state index in [1.54, 1.807) is 0 Å². The van der Waals surface area contributed by atoms with Crippen LogP contribution in [0.5, 0.6) is 5.75 Å². The molecule has 0 heterocycles. The molecule has 1 aromatic rings. The molecule has 0 aromatic heterocycles. The highest BCUT2D eigenvalue weighted by molar-refractivity contribution is 5.35. The molecule has 13 heavy (non-hydrogen) atoms. The summed E-state index contributed by atoms with van der Waals surface area (Å²) in [5.74, 6) is -1.98. The molecule has 0 aliphatic heterocycles. The molecule has 0 spiro atoms. The fourth-order valence-electron chi connectivity index (χ4n) is 0.978. The zero-order valence-corrected chi connectivity index (χ0v) is 6.88. The van der Waals surface area contributed by atoms with Crippen molar-refractivity contribution in [1.82, 2.24) is 0 Å². The van der Waals surface area contributed by atoms with E-state index in [2.05, 4.69) is 5.18 Å². The Hall–Kier alpha value is -1.52. The Morgan fingerprint density at radius 3 is 2.69 bits per heavy atom. The second kappa shape index (κ2) is 3.93. The van der Waals surface area contributed by atoms with Crippen LogP contribution in [-0.2, 0) is 6.54 Å². The molecule has 1 rings (SSSR count). The van der Waals surface area contributed by atoms with Crippen molar-refractivity contribution in [3.8, 4) is 5.75 Å². The van der Waals surface area contributed by atoms with E-state index in [-0.39, 0.29) is 11.3 Å². The average Bonchev–Trinajstić information content (AvgIpc) is 2.14. The molecule has 5 heteroatoms. The van der Waals surface area contributed by atoms with Crippen LogP contribution < -0.4 is 4.74 Å². The van der Waals surface area contributed by atoms with Crippen molar-refractivity contribution in [3.05, 3.63) is 34.2 Å². The number of rotatable bonds is 3. The Kier molecular flexibility index (Phi) is 2.89. The fraction of sp³-hybridized carbons (Fsp3) is 0.250. The molecule has 0 aliphatic carbocycles. The summed E-state index contributed by atoms with van der Waals surface area (Å²) in [6.45, 7) is -0.438. The Labute approximate surface area is 73.3 Å². The first kappa shape index (κ1) is 9.57. The van der Waals surface area contributed by atoms with Crippen LogP contribution in [0.4, 0.5) is 8.78 Å². The third-order valence-corrected chi connectivity index (χ3v) is 1.60. The number of methoxy groups -OCH3 is 1. The minimum Gasteiger partial charge on any atom is -0.496 e. The largest absolute Gasteiger partial charge is 0.496 e. The monoisotopic (exact) mass is 187 g/mol. The Bertz CT molecular complexity index is 328. The minimum atomic E-state index is -1.08. The molecule has 0 radical (unpaired) electrons. The standard InChI is InChI=1S/C8H7F2NO2/c1-13-7-3-2-6(9)8(10)5(7)4-11-12/h2-3H,4H2,1H3. The summed E-state index contributed by atoms with van der Waals surface area (Å²) in [5, 5.41) is 2.48. The lowest BCUT2D eigenvalue weighted by molar-refractivity contribution is 0.398. The van der Waals surface area contributed by atoms with Crippen LogP contribution in [0.25, 0.3) is 0 Å². The highest BCUT2D eigenvalue weighted by atomic mass is 19.2. The maximum absolute atomic E-state index is 13.0. The average molecular weight is 187 g/mol. The lowest BCUT2D eigenvalue weighted by Gasteiger charge is -2.06. The van der Waals surface area contributed by atoms with Crippen LogP contribution in [0.1, 0.15) is 5.56 Å². The van der Waals surface area contributed by atoms with E-state index in [9.17, 15) is 13.7 Å². The van der Waals surface area contributed by atoms with E-state index in [0.717, 1.165) is 6.07 Å². The van der Waals surface area contributed by atoms with Crippen LogP contribution in [0.3, 0.4) is 0 Å². The van der Waals surface area contributed by atoms with Crippen molar-refractivity contribution < 1.29 is 13.5 Å². The second-order valence-corrected chi connectivity index (χ2v) is 2.33. The van der Waals surface area contributed by atoms with Crippen molar-refractivity contribution in [2.24, 2.45) is 5.18 Å². The van der Waals surface area contributed by atoms with Gasteiger partial charge in [-0.1, -0.05) is 5.18 Å². The number of hydrogen-bond acceptors (Lipinski definition) is 3. The SMILES string of the molecule is COc1ccc(F)c(F)c1CN=O. The molecule has 0 amide bonds. The van der Waals surface area contributed by atoms with Gasteiger partial charge in [-0.15, -0.1) is 0 Å². The van der Waals surface area contributed by atoms with Gasteiger partial charge in [0.2, 0.25) is 0 Å². The van der Waals surface area contributed by atoms with Gasteiger partial charge in [-0.2, -0.15) is 4.91 Å². The van der Waals surface area contributed by atoms with Gasteiger partial charge >= 0.3 is 0 Å². The second-order valence-electron chi connectivity index (χ2n) is 2.33. The third-order valence-electron chi connectivity index (χ3n) is 1.60. The van der Waals surface area contributed by atoms with E-state index in [0.29, 0.717) is 0 Å². The lowest BCUT2D eigenvalue weighted by Crippen LogP contribution is -1.97. The van der Waals surface area contributed by atoms with Gasteiger partial charge in [0.05, 0.1) is 12.7 Å².